The number of carbonyl (C=O) groups is 4. The summed E-state index contributed by atoms with van der Waals surface area (Å²) in [4.78, 5) is 47.6. The Morgan fingerprint density at radius 1 is 0.541 bits per heavy atom. The molecule has 0 saturated carbocycles. The van der Waals surface area contributed by atoms with Crippen LogP contribution in [0.5, 0.6) is 0 Å². The fraction of sp³-hybridized carbons (Fsp3) is 0.364. The molecule has 0 spiro atoms. The van der Waals surface area contributed by atoms with Crippen molar-refractivity contribution in [1.82, 2.24) is 10.6 Å². The van der Waals surface area contributed by atoms with Gasteiger partial charge in [0.05, 0.1) is 0 Å². The second-order valence-corrected chi connectivity index (χ2v) is 15.2. The zero-order valence-electron chi connectivity index (χ0n) is 37.1. The summed E-state index contributed by atoms with van der Waals surface area (Å²) in [5, 5.41) is 11.5. The molecule has 16 nitrogen and oxygen atoms in total. The Hall–Kier alpha value is -6.23. The quantitative estimate of drug-likeness (QED) is 0.0793. The molecule has 0 saturated heterocycles. The maximum atomic E-state index is 11.5. The summed E-state index contributed by atoms with van der Waals surface area (Å²) >= 11 is 0. The number of anilines is 4. The lowest BCUT2D eigenvalue weighted by molar-refractivity contribution is 0.0512. The Morgan fingerprint density at radius 2 is 0.852 bits per heavy atom. The molecule has 0 aliphatic rings. The largest absolute Gasteiger partial charge is 0.444 e. The first-order chi connectivity index (χ1) is 28.1. The van der Waals surface area contributed by atoms with E-state index < -0.39 is 35.5 Å². The number of nitrogens with one attached hydrogen (secondary N) is 4. The summed E-state index contributed by atoms with van der Waals surface area (Å²) < 4.78 is 10.3. The fourth-order valence-corrected chi connectivity index (χ4v) is 4.69. The molecule has 0 radical (unpaired) electrons. The zero-order chi connectivity index (χ0) is 45.5. The molecule has 4 aromatic rings. The lowest BCUT2D eigenvalue weighted by atomic mass is 10.2. The predicted octanol–water partition coefficient (Wildman–Crippen LogP) is 7.25. The molecule has 0 unspecified atom stereocenters. The number of hydrogen-bond donors (Lipinski definition) is 8. The first-order valence-corrected chi connectivity index (χ1v) is 19.2. The second kappa shape index (κ2) is 27.5. The number of alkyl carbamates (subject to hydrolysis) is 2. The minimum atomic E-state index is -0.540. The highest BCUT2D eigenvalue weighted by molar-refractivity contribution is 5.90. The van der Waals surface area contributed by atoms with Crippen molar-refractivity contribution in [3.63, 3.8) is 0 Å². The number of nitrogens with zero attached hydrogens (tertiary/aromatic N) is 2. The van der Waals surface area contributed by atoms with Crippen molar-refractivity contribution in [1.29, 1.82) is 0 Å². The third-order valence-corrected chi connectivity index (χ3v) is 7.83. The Bertz CT molecular complexity index is 1930. The van der Waals surface area contributed by atoms with Crippen LogP contribution in [0.4, 0.5) is 41.9 Å². The van der Waals surface area contributed by atoms with Gasteiger partial charge in [0, 0.05) is 77.1 Å². The summed E-state index contributed by atoms with van der Waals surface area (Å²) in [5.41, 5.74) is 27.8. The Labute approximate surface area is 367 Å². The van der Waals surface area contributed by atoms with Gasteiger partial charge in [0.2, 0.25) is 0 Å². The van der Waals surface area contributed by atoms with E-state index >= 15 is 0 Å². The molecule has 0 heterocycles. The molecule has 17 heteroatoms. The van der Waals surface area contributed by atoms with Crippen LogP contribution in [-0.4, -0.2) is 63.6 Å². The van der Waals surface area contributed by atoms with Crippen LogP contribution in [0, 0.1) is 0 Å². The van der Waals surface area contributed by atoms with E-state index in [9.17, 15) is 19.2 Å². The number of primary amides is 2. The van der Waals surface area contributed by atoms with Crippen molar-refractivity contribution in [2.75, 3.05) is 48.6 Å². The molecule has 4 rings (SSSR count). The van der Waals surface area contributed by atoms with Crippen molar-refractivity contribution < 1.29 is 28.7 Å². The van der Waals surface area contributed by atoms with Crippen LogP contribution < -0.4 is 54.0 Å². The molecule has 0 bridgehead atoms. The van der Waals surface area contributed by atoms with Crippen LogP contribution >= 0.6 is 12.4 Å². The number of carbonyl (C=O) groups excluding carboxylic acids is 4. The smallest absolute Gasteiger partial charge is 0.407 e. The van der Waals surface area contributed by atoms with Crippen LogP contribution in [0.2, 0.25) is 0 Å². The molecule has 0 aromatic heterocycles. The van der Waals surface area contributed by atoms with Crippen molar-refractivity contribution in [2.24, 2.45) is 22.9 Å². The first kappa shape index (κ1) is 54.8. The average Bonchev–Trinajstić information content (AvgIpc) is 3.21. The van der Waals surface area contributed by atoms with Gasteiger partial charge in [-0.05, 0) is 112 Å². The number of amides is 6. The highest BCUT2D eigenvalue weighted by Crippen LogP contribution is 2.16. The van der Waals surface area contributed by atoms with E-state index in [0.29, 0.717) is 31.9 Å². The summed E-state index contributed by atoms with van der Waals surface area (Å²) in [6.07, 6.45) is -0.876. The lowest BCUT2D eigenvalue weighted by Crippen LogP contribution is -2.33. The summed E-state index contributed by atoms with van der Waals surface area (Å²) in [5.74, 6) is 0. The summed E-state index contributed by atoms with van der Waals surface area (Å²) in [6, 6.07) is 29.5. The van der Waals surface area contributed by atoms with Gasteiger partial charge in [-0.15, -0.1) is 12.4 Å². The predicted molar refractivity (Wildman–Crippen MR) is 250 cm³/mol. The van der Waals surface area contributed by atoms with Gasteiger partial charge < -0.3 is 53.7 Å². The SMILES string of the molecule is CN(C(N)=O)c1cccc(CN)c1.CN(C(N)=O)c1cccc(CNC(=O)OC(C)(C)C)c1.CNc1cccc(CN)c1.CNc1cccc(CNC(=O)OC(C)(C)C)c1.Cl. The van der Waals surface area contributed by atoms with Crippen LogP contribution in [0.3, 0.4) is 0 Å². The van der Waals surface area contributed by atoms with E-state index in [2.05, 4.69) is 21.3 Å². The van der Waals surface area contributed by atoms with Gasteiger partial charge in [-0.2, -0.15) is 0 Å². The van der Waals surface area contributed by atoms with E-state index in [1.54, 1.807) is 53.1 Å². The highest BCUT2D eigenvalue weighted by atomic mass is 35.5. The maximum absolute atomic E-state index is 11.5. The number of hydrogen-bond acceptors (Lipinski definition) is 10. The van der Waals surface area contributed by atoms with Crippen LogP contribution in [0.15, 0.2) is 97.1 Å². The average molecular weight is 868 g/mol. The molecular weight excluding hydrogens is 800 g/mol. The molecule has 336 valence electrons. The first-order valence-electron chi connectivity index (χ1n) is 19.2. The number of rotatable bonds is 10. The number of benzene rings is 4. The van der Waals surface area contributed by atoms with E-state index in [1.807, 2.05) is 114 Å². The Balaban J connectivity index is 0.000000805. The molecule has 4 aromatic carbocycles. The third-order valence-electron chi connectivity index (χ3n) is 7.83. The highest BCUT2D eigenvalue weighted by Gasteiger charge is 2.17. The molecule has 12 N–H and O–H groups in total. The third kappa shape index (κ3) is 23.8. The van der Waals surface area contributed by atoms with Gasteiger partial charge in [-0.1, -0.05) is 48.5 Å². The van der Waals surface area contributed by atoms with Crippen molar-refractivity contribution in [3.05, 3.63) is 119 Å². The minimum absolute atomic E-state index is 0. The molecule has 0 fully saturated rings. The molecule has 61 heavy (non-hydrogen) atoms. The molecule has 0 aliphatic carbocycles. The van der Waals surface area contributed by atoms with Gasteiger partial charge in [0.15, 0.2) is 0 Å². The van der Waals surface area contributed by atoms with Gasteiger partial charge in [-0.25, -0.2) is 19.2 Å². The van der Waals surface area contributed by atoms with Crippen LogP contribution in [0.1, 0.15) is 63.8 Å². The van der Waals surface area contributed by atoms with Gasteiger partial charge in [-0.3, -0.25) is 9.80 Å². The number of nitrogens with two attached hydrogens (primary N) is 4. The van der Waals surface area contributed by atoms with E-state index in [1.165, 1.54) is 9.80 Å². The molecule has 0 atom stereocenters. The van der Waals surface area contributed by atoms with E-state index in [0.717, 1.165) is 39.3 Å². The fourth-order valence-electron chi connectivity index (χ4n) is 4.69. The standard InChI is InChI=1S/C14H21N3O3.C13H20N2O2.C9H13N3O.C8H12N2.ClH/c1-14(2,3)20-13(19)16-9-10-6-5-7-11(8-10)17(4)12(15)18;1-13(2,3)17-12(16)15-9-10-6-5-7-11(8-10)14-4;1-12(9(11)13)8-4-2-3-7(5-8)6-10;1-10-8-4-2-3-7(5-8)6-9;/h5-8H,9H2,1-4H3,(H2,15,18)(H,16,19);5-8,14H,9H2,1-4H3,(H,15,16);2-5H,6,10H2,1H3,(H2,11,13);2-5,10H,6,9H2,1H3;1H. The maximum Gasteiger partial charge on any atom is 0.407 e. The Morgan fingerprint density at radius 3 is 1.20 bits per heavy atom. The van der Waals surface area contributed by atoms with Gasteiger partial charge in [0.1, 0.15) is 11.2 Å². The normalized spacial score (nSPS) is 10.2. The van der Waals surface area contributed by atoms with Gasteiger partial charge in [0.25, 0.3) is 0 Å². The Kier molecular flexibility index (Phi) is 24.7. The van der Waals surface area contributed by atoms with Crippen LogP contribution in [0.25, 0.3) is 0 Å². The lowest BCUT2D eigenvalue weighted by Gasteiger charge is -2.20. The summed E-state index contributed by atoms with van der Waals surface area (Å²) in [6.45, 7) is 12.8. The van der Waals surface area contributed by atoms with Crippen molar-refractivity contribution >= 4 is 59.4 Å². The van der Waals surface area contributed by atoms with Gasteiger partial charge >= 0.3 is 24.2 Å². The number of urea groups is 2. The zero-order valence-corrected chi connectivity index (χ0v) is 37.9. The molecule has 6 amide bonds. The minimum Gasteiger partial charge on any atom is -0.444 e. The molecule has 0 aliphatic heterocycles. The molecular formula is C44H67ClN10O6. The number of halogens is 1. The van der Waals surface area contributed by atoms with E-state index in [4.69, 9.17) is 32.4 Å². The van der Waals surface area contributed by atoms with Crippen molar-refractivity contribution in [2.45, 2.75) is 78.9 Å². The van der Waals surface area contributed by atoms with Crippen molar-refractivity contribution in [3.8, 4) is 0 Å². The summed E-state index contributed by atoms with van der Waals surface area (Å²) in [7, 11) is 6.97. The van der Waals surface area contributed by atoms with E-state index in [-0.39, 0.29) is 12.4 Å². The monoisotopic (exact) mass is 866 g/mol. The number of ether oxygens (including phenoxy) is 2. The van der Waals surface area contributed by atoms with Crippen LogP contribution in [-0.2, 0) is 35.7 Å². The topological polar surface area (TPSA) is 245 Å². The second-order valence-electron chi connectivity index (χ2n) is 15.2.